The molecular weight excluding hydrogens is 178 g/mol. The van der Waals surface area contributed by atoms with Gasteiger partial charge < -0.3 is 10.5 Å². The first-order valence-corrected chi connectivity index (χ1v) is 4.37. The molecule has 0 spiro atoms. The van der Waals surface area contributed by atoms with E-state index in [4.69, 9.17) is 5.73 Å². The summed E-state index contributed by atoms with van der Waals surface area (Å²) in [5.74, 6) is -0.230. The third-order valence-electron chi connectivity index (χ3n) is 1.93. The number of carbonyl (C=O) groups is 1. The second kappa shape index (κ2) is 6.16. The van der Waals surface area contributed by atoms with Gasteiger partial charge in [0.1, 0.15) is 0 Å². The summed E-state index contributed by atoms with van der Waals surface area (Å²) in [6, 6.07) is 0. The Hall–Kier alpha value is -1.35. The molecule has 0 aromatic heterocycles. The first kappa shape index (κ1) is 12.7. The molecule has 0 aliphatic heterocycles. The molecule has 3 heteroatoms. The summed E-state index contributed by atoms with van der Waals surface area (Å²) in [4.78, 5) is 10.9. The zero-order valence-electron chi connectivity index (χ0n) is 8.75. The first-order chi connectivity index (χ1) is 6.52. The van der Waals surface area contributed by atoms with Gasteiger partial charge in [0.15, 0.2) is 0 Å². The van der Waals surface area contributed by atoms with Crippen LogP contribution < -0.4 is 5.73 Å². The number of rotatable bonds is 5. The maximum atomic E-state index is 10.9. The number of allylic oxidation sites excluding steroid dienone is 1. The molecular formula is C11H17NO2. The summed E-state index contributed by atoms with van der Waals surface area (Å²) in [6.07, 6.45) is 3.32. The first-order valence-electron chi connectivity index (χ1n) is 4.37. The van der Waals surface area contributed by atoms with Gasteiger partial charge in [-0.25, -0.2) is 4.79 Å². The van der Waals surface area contributed by atoms with Crippen molar-refractivity contribution < 1.29 is 9.53 Å². The summed E-state index contributed by atoms with van der Waals surface area (Å²) < 4.78 is 4.49. The molecule has 0 heterocycles. The molecule has 14 heavy (non-hydrogen) atoms. The van der Waals surface area contributed by atoms with Gasteiger partial charge in [-0.2, -0.15) is 0 Å². The minimum atomic E-state index is -0.436. The van der Waals surface area contributed by atoms with Crippen molar-refractivity contribution in [2.45, 2.75) is 6.92 Å². The average Bonchev–Trinajstić information content (AvgIpc) is 2.22. The monoisotopic (exact) mass is 195 g/mol. The maximum Gasteiger partial charge on any atom is 0.337 e. The third-order valence-corrected chi connectivity index (χ3v) is 1.93. The minimum Gasteiger partial charge on any atom is -0.465 e. The molecule has 0 amide bonds. The van der Waals surface area contributed by atoms with Crippen LogP contribution in [0.4, 0.5) is 0 Å². The van der Waals surface area contributed by atoms with Crippen molar-refractivity contribution in [1.29, 1.82) is 0 Å². The van der Waals surface area contributed by atoms with Gasteiger partial charge in [-0.15, -0.1) is 0 Å². The smallest absolute Gasteiger partial charge is 0.337 e. The predicted octanol–water partition coefficient (Wildman–Crippen LogP) is 1.42. The SMILES string of the molecule is C=C(/C=C\C(=C)C(C)CN)C(=O)OC. The van der Waals surface area contributed by atoms with Gasteiger partial charge in [0, 0.05) is 0 Å². The highest BCUT2D eigenvalue weighted by Crippen LogP contribution is 2.09. The fourth-order valence-corrected chi connectivity index (χ4v) is 0.722. The molecule has 0 rings (SSSR count). The van der Waals surface area contributed by atoms with Crippen LogP contribution in [0.2, 0.25) is 0 Å². The van der Waals surface area contributed by atoms with Crippen LogP contribution in [0.3, 0.4) is 0 Å². The second-order valence-corrected chi connectivity index (χ2v) is 3.06. The van der Waals surface area contributed by atoms with E-state index in [1.807, 2.05) is 6.92 Å². The summed E-state index contributed by atoms with van der Waals surface area (Å²) in [5, 5.41) is 0. The Morgan fingerprint density at radius 2 is 2.07 bits per heavy atom. The van der Waals surface area contributed by atoms with Crippen LogP contribution in [0, 0.1) is 5.92 Å². The Balaban J connectivity index is 4.24. The molecule has 1 unspecified atom stereocenters. The Kier molecular flexibility index (Phi) is 5.56. The van der Waals surface area contributed by atoms with Gasteiger partial charge in [0.05, 0.1) is 12.7 Å². The highest BCUT2D eigenvalue weighted by molar-refractivity contribution is 5.90. The van der Waals surface area contributed by atoms with Gasteiger partial charge >= 0.3 is 5.97 Å². The Morgan fingerprint density at radius 3 is 2.50 bits per heavy atom. The standard InChI is InChI=1S/C11H17NO2/c1-8(10(3)7-12)5-6-9(2)11(13)14-4/h5-6,10H,1-2,7,12H2,3-4H3/b6-5-. The molecule has 0 saturated heterocycles. The van der Waals surface area contributed by atoms with Crippen molar-refractivity contribution >= 4 is 5.97 Å². The normalized spacial score (nSPS) is 12.5. The lowest BCUT2D eigenvalue weighted by Gasteiger charge is -2.07. The van der Waals surface area contributed by atoms with Crippen LogP contribution in [-0.4, -0.2) is 19.6 Å². The zero-order valence-corrected chi connectivity index (χ0v) is 8.75. The molecule has 0 fully saturated rings. The molecule has 0 saturated carbocycles. The fraction of sp³-hybridized carbons (Fsp3) is 0.364. The van der Waals surface area contributed by atoms with E-state index in [2.05, 4.69) is 17.9 Å². The van der Waals surface area contributed by atoms with Gasteiger partial charge in [-0.1, -0.05) is 31.7 Å². The van der Waals surface area contributed by atoms with Crippen molar-refractivity contribution in [2.24, 2.45) is 11.7 Å². The summed E-state index contributed by atoms with van der Waals surface area (Å²) in [7, 11) is 1.32. The number of carbonyl (C=O) groups excluding carboxylic acids is 1. The van der Waals surface area contributed by atoms with Crippen LogP contribution in [0.15, 0.2) is 36.5 Å². The van der Waals surface area contributed by atoms with E-state index >= 15 is 0 Å². The van der Waals surface area contributed by atoms with Gasteiger partial charge in [-0.3, -0.25) is 0 Å². The highest BCUT2D eigenvalue weighted by atomic mass is 16.5. The van der Waals surface area contributed by atoms with E-state index in [9.17, 15) is 4.79 Å². The minimum absolute atomic E-state index is 0.205. The molecule has 1 atom stereocenters. The maximum absolute atomic E-state index is 10.9. The van der Waals surface area contributed by atoms with E-state index in [0.717, 1.165) is 5.57 Å². The number of ether oxygens (including phenoxy) is 1. The number of nitrogens with two attached hydrogens (primary N) is 1. The lowest BCUT2D eigenvalue weighted by molar-refractivity contribution is -0.135. The van der Waals surface area contributed by atoms with Crippen molar-refractivity contribution in [3.05, 3.63) is 36.5 Å². The van der Waals surface area contributed by atoms with Crippen LogP contribution in [0.25, 0.3) is 0 Å². The Bertz CT molecular complexity index is 266. The van der Waals surface area contributed by atoms with E-state index in [-0.39, 0.29) is 5.92 Å². The lowest BCUT2D eigenvalue weighted by Crippen LogP contribution is -2.11. The van der Waals surface area contributed by atoms with Gasteiger partial charge in [0.2, 0.25) is 0 Å². The molecule has 0 aliphatic rings. The Morgan fingerprint density at radius 1 is 1.50 bits per heavy atom. The van der Waals surface area contributed by atoms with E-state index in [1.165, 1.54) is 7.11 Å². The van der Waals surface area contributed by atoms with Gasteiger partial charge in [0.25, 0.3) is 0 Å². The van der Waals surface area contributed by atoms with Crippen LogP contribution in [0.5, 0.6) is 0 Å². The van der Waals surface area contributed by atoms with Gasteiger partial charge in [-0.05, 0) is 18.5 Å². The molecule has 2 N–H and O–H groups in total. The predicted molar refractivity (Wildman–Crippen MR) is 57.7 cm³/mol. The highest BCUT2D eigenvalue weighted by Gasteiger charge is 2.03. The average molecular weight is 195 g/mol. The number of hydrogen-bond donors (Lipinski definition) is 1. The van der Waals surface area contributed by atoms with E-state index in [0.29, 0.717) is 12.1 Å². The molecule has 0 radical (unpaired) electrons. The number of hydrogen-bond acceptors (Lipinski definition) is 3. The van der Waals surface area contributed by atoms with Crippen LogP contribution in [-0.2, 0) is 9.53 Å². The fourth-order valence-electron chi connectivity index (χ4n) is 0.722. The third kappa shape index (κ3) is 4.05. The Labute approximate surface area is 84.9 Å². The van der Waals surface area contributed by atoms with Crippen molar-refractivity contribution in [3.8, 4) is 0 Å². The molecule has 78 valence electrons. The quantitative estimate of drug-likeness (QED) is 0.410. The zero-order chi connectivity index (χ0) is 11.1. The number of methoxy groups -OCH3 is 1. The molecule has 0 aromatic rings. The van der Waals surface area contributed by atoms with E-state index < -0.39 is 5.97 Å². The molecule has 0 aromatic carbocycles. The van der Waals surface area contributed by atoms with Crippen molar-refractivity contribution in [1.82, 2.24) is 0 Å². The summed E-state index contributed by atoms with van der Waals surface area (Å²) in [6.45, 7) is 9.87. The summed E-state index contributed by atoms with van der Waals surface area (Å²) >= 11 is 0. The second-order valence-electron chi connectivity index (χ2n) is 3.06. The van der Waals surface area contributed by atoms with Crippen LogP contribution >= 0.6 is 0 Å². The summed E-state index contributed by atoms with van der Waals surface area (Å²) in [5.41, 5.74) is 6.63. The molecule has 0 bridgehead atoms. The van der Waals surface area contributed by atoms with E-state index in [1.54, 1.807) is 12.2 Å². The molecule has 0 aliphatic carbocycles. The van der Waals surface area contributed by atoms with Crippen LogP contribution in [0.1, 0.15) is 6.92 Å². The van der Waals surface area contributed by atoms with Crippen molar-refractivity contribution in [3.63, 3.8) is 0 Å². The topological polar surface area (TPSA) is 52.3 Å². The number of esters is 1. The largest absolute Gasteiger partial charge is 0.465 e. The molecule has 3 nitrogen and oxygen atoms in total. The van der Waals surface area contributed by atoms with Crippen molar-refractivity contribution in [2.75, 3.05) is 13.7 Å². The lowest BCUT2D eigenvalue weighted by atomic mass is 10.0.